The summed E-state index contributed by atoms with van der Waals surface area (Å²) in [6, 6.07) is 3.26. The number of H-pyrrole nitrogens is 2. The predicted molar refractivity (Wildman–Crippen MR) is 68.4 cm³/mol. The molecule has 0 aliphatic carbocycles. The number of nitrogen functional groups attached to an aromatic ring is 2. The molecule has 0 atom stereocenters. The molecular formula is C10H8N4O2S. The molecule has 0 aliphatic heterocycles. The highest BCUT2D eigenvalue weighted by Gasteiger charge is 2.15. The Morgan fingerprint density at radius 2 is 1.82 bits per heavy atom. The van der Waals surface area contributed by atoms with Gasteiger partial charge in [-0.15, -0.1) is 0 Å². The van der Waals surface area contributed by atoms with Gasteiger partial charge in [0.2, 0.25) is 5.71 Å². The zero-order chi connectivity index (χ0) is 12.2. The molecule has 86 valence electrons. The summed E-state index contributed by atoms with van der Waals surface area (Å²) < 4.78 is 5.67. The van der Waals surface area contributed by atoms with E-state index < -0.39 is 0 Å². The Labute approximate surface area is 99.2 Å². The van der Waals surface area contributed by atoms with Crippen molar-refractivity contribution in [3.05, 3.63) is 27.3 Å². The first kappa shape index (κ1) is 9.91. The minimum Gasteiger partial charge on any atom is -0.437 e. The highest BCUT2D eigenvalue weighted by Crippen LogP contribution is 2.33. The van der Waals surface area contributed by atoms with Gasteiger partial charge in [-0.3, -0.25) is 9.78 Å². The van der Waals surface area contributed by atoms with Crippen LogP contribution in [0.25, 0.3) is 22.1 Å². The molecule has 0 fully saturated rings. The Hall–Kier alpha value is -2.28. The Kier molecular flexibility index (Phi) is 1.81. The number of nitrogens with two attached hydrogens (primary N) is 2. The number of aromatic nitrogens is 2. The van der Waals surface area contributed by atoms with Gasteiger partial charge in [0.15, 0.2) is 10.4 Å². The molecule has 3 aromatic rings. The summed E-state index contributed by atoms with van der Waals surface area (Å²) in [5.41, 5.74) is 12.8. The average Bonchev–Trinajstić information content (AvgIpc) is 2.64. The number of benzene rings is 1. The lowest BCUT2D eigenvalue weighted by Gasteiger charge is -1.97. The van der Waals surface area contributed by atoms with Crippen molar-refractivity contribution in [1.29, 1.82) is 0 Å². The van der Waals surface area contributed by atoms with E-state index in [4.69, 9.17) is 28.1 Å². The van der Waals surface area contributed by atoms with Gasteiger partial charge in [0.05, 0.1) is 11.1 Å². The Morgan fingerprint density at radius 3 is 2.59 bits per heavy atom. The first-order chi connectivity index (χ1) is 8.08. The molecule has 2 heterocycles. The van der Waals surface area contributed by atoms with E-state index in [2.05, 4.69) is 9.97 Å². The fourth-order valence-corrected chi connectivity index (χ4v) is 2.04. The van der Waals surface area contributed by atoms with Crippen molar-refractivity contribution >= 4 is 45.7 Å². The van der Waals surface area contributed by atoms with Crippen LogP contribution in [0, 0.1) is 4.77 Å². The maximum absolute atomic E-state index is 11.8. The molecule has 0 saturated carbocycles. The number of fused-ring (bicyclic) bond motifs is 3. The van der Waals surface area contributed by atoms with E-state index in [1.165, 1.54) is 0 Å². The summed E-state index contributed by atoms with van der Waals surface area (Å²) in [6.07, 6.45) is 0. The minimum absolute atomic E-state index is 0.193. The number of furan rings is 1. The van der Waals surface area contributed by atoms with Crippen LogP contribution in [0.3, 0.4) is 0 Å². The molecule has 0 saturated heterocycles. The van der Waals surface area contributed by atoms with E-state index in [-0.39, 0.29) is 16.0 Å². The van der Waals surface area contributed by atoms with Crippen molar-refractivity contribution in [2.75, 3.05) is 11.5 Å². The van der Waals surface area contributed by atoms with Crippen molar-refractivity contribution in [2.45, 2.75) is 0 Å². The van der Waals surface area contributed by atoms with Crippen LogP contribution >= 0.6 is 12.2 Å². The lowest BCUT2D eigenvalue weighted by atomic mass is 10.1. The van der Waals surface area contributed by atoms with Gasteiger partial charge < -0.3 is 20.9 Å². The highest BCUT2D eigenvalue weighted by molar-refractivity contribution is 7.71. The van der Waals surface area contributed by atoms with Gasteiger partial charge in [-0.05, 0) is 24.4 Å². The third-order valence-electron chi connectivity index (χ3n) is 2.58. The number of aromatic amines is 2. The molecule has 0 unspecified atom stereocenters. The van der Waals surface area contributed by atoms with Crippen LogP contribution in [-0.4, -0.2) is 9.97 Å². The van der Waals surface area contributed by atoms with Crippen LogP contribution in [-0.2, 0) is 0 Å². The maximum atomic E-state index is 11.8. The van der Waals surface area contributed by atoms with E-state index >= 15 is 0 Å². The number of hydrogen-bond donors (Lipinski definition) is 4. The van der Waals surface area contributed by atoms with E-state index in [0.717, 1.165) is 0 Å². The monoisotopic (exact) mass is 248 g/mol. The second kappa shape index (κ2) is 3.11. The molecular weight excluding hydrogens is 240 g/mol. The van der Waals surface area contributed by atoms with E-state index in [1.807, 2.05) is 0 Å². The third-order valence-corrected chi connectivity index (χ3v) is 2.79. The summed E-state index contributed by atoms with van der Waals surface area (Å²) in [5, 5.41) is 0.839. The highest BCUT2D eigenvalue weighted by atomic mass is 32.1. The molecule has 1 aromatic carbocycles. The zero-order valence-corrected chi connectivity index (χ0v) is 9.35. The summed E-state index contributed by atoms with van der Waals surface area (Å²) in [7, 11) is 0. The van der Waals surface area contributed by atoms with Gasteiger partial charge in [0, 0.05) is 5.69 Å². The Balaban J connectivity index is 2.75. The molecule has 0 aliphatic rings. The van der Waals surface area contributed by atoms with Crippen LogP contribution in [0.5, 0.6) is 0 Å². The fourth-order valence-electron chi connectivity index (χ4n) is 1.85. The molecule has 6 N–H and O–H groups in total. The van der Waals surface area contributed by atoms with Crippen LogP contribution in [0.2, 0.25) is 0 Å². The molecule has 6 nitrogen and oxygen atoms in total. The Bertz CT molecular complexity index is 858. The molecule has 0 spiro atoms. The van der Waals surface area contributed by atoms with E-state index in [0.29, 0.717) is 27.7 Å². The van der Waals surface area contributed by atoms with Gasteiger partial charge in [-0.2, -0.15) is 0 Å². The molecule has 3 rings (SSSR count). The third kappa shape index (κ3) is 1.26. The van der Waals surface area contributed by atoms with Crippen LogP contribution in [0.15, 0.2) is 21.3 Å². The van der Waals surface area contributed by atoms with Gasteiger partial charge >= 0.3 is 0 Å². The molecule has 17 heavy (non-hydrogen) atoms. The van der Waals surface area contributed by atoms with Crippen molar-refractivity contribution in [3.63, 3.8) is 0 Å². The predicted octanol–water partition coefficient (Wildman–Crippen LogP) is 1.50. The summed E-state index contributed by atoms with van der Waals surface area (Å²) in [4.78, 5) is 17.1. The fraction of sp³-hybridized carbons (Fsp3) is 0. The van der Waals surface area contributed by atoms with Gasteiger partial charge in [-0.25, -0.2) is 0 Å². The standard InChI is InChI=1S/C10H8N4O2S/c11-3-1-2-4(12)7-5(3)6-8(15)13-10(17)14-9(6)16-7/h1-2H,11-12H2,(H2,13,14,15,17). The number of rotatable bonds is 0. The smallest absolute Gasteiger partial charge is 0.263 e. The Morgan fingerprint density at radius 1 is 1.12 bits per heavy atom. The second-order valence-corrected chi connectivity index (χ2v) is 4.07. The van der Waals surface area contributed by atoms with Crippen molar-refractivity contribution in [3.8, 4) is 0 Å². The quantitative estimate of drug-likeness (QED) is 0.355. The topological polar surface area (TPSA) is 114 Å². The first-order valence-electron chi connectivity index (χ1n) is 4.80. The number of hydrogen-bond acceptors (Lipinski definition) is 5. The lowest BCUT2D eigenvalue weighted by Crippen LogP contribution is -2.06. The SMILES string of the molecule is Nc1ccc(N)c2c1oc1[nH]c(=S)[nH]c(=O)c12. The summed E-state index contributed by atoms with van der Waals surface area (Å²) in [6.45, 7) is 0. The van der Waals surface area contributed by atoms with Crippen molar-refractivity contribution in [2.24, 2.45) is 0 Å². The molecule has 0 bridgehead atoms. The molecule has 7 heteroatoms. The van der Waals surface area contributed by atoms with Crippen LogP contribution in [0.1, 0.15) is 0 Å². The van der Waals surface area contributed by atoms with Crippen LogP contribution < -0.4 is 17.0 Å². The van der Waals surface area contributed by atoms with Crippen molar-refractivity contribution in [1.82, 2.24) is 9.97 Å². The normalized spacial score (nSPS) is 11.3. The minimum atomic E-state index is -0.347. The van der Waals surface area contributed by atoms with Gasteiger partial charge in [0.1, 0.15) is 5.39 Å². The zero-order valence-electron chi connectivity index (χ0n) is 8.53. The first-order valence-corrected chi connectivity index (χ1v) is 5.21. The second-order valence-electron chi connectivity index (χ2n) is 3.66. The van der Waals surface area contributed by atoms with Gasteiger partial charge in [0.25, 0.3) is 5.56 Å². The van der Waals surface area contributed by atoms with Crippen molar-refractivity contribution < 1.29 is 4.42 Å². The van der Waals surface area contributed by atoms with Gasteiger partial charge in [-0.1, -0.05) is 0 Å². The van der Waals surface area contributed by atoms with Crippen LogP contribution in [0.4, 0.5) is 11.4 Å². The molecule has 0 amide bonds. The average molecular weight is 248 g/mol. The lowest BCUT2D eigenvalue weighted by molar-refractivity contribution is 0.652. The van der Waals surface area contributed by atoms with E-state index in [1.54, 1.807) is 12.1 Å². The maximum Gasteiger partial charge on any atom is 0.263 e. The summed E-state index contributed by atoms with van der Waals surface area (Å²) >= 11 is 4.86. The summed E-state index contributed by atoms with van der Waals surface area (Å²) in [5.74, 6) is 0. The molecule has 2 aromatic heterocycles. The number of nitrogens with one attached hydrogen (secondary N) is 2. The largest absolute Gasteiger partial charge is 0.437 e. The number of anilines is 2. The van der Waals surface area contributed by atoms with E-state index in [9.17, 15) is 4.79 Å². The molecule has 0 radical (unpaired) electrons.